The Morgan fingerprint density at radius 3 is 2.65 bits per heavy atom. The van der Waals surface area contributed by atoms with E-state index in [1.807, 2.05) is 26.0 Å². The third-order valence-electron chi connectivity index (χ3n) is 5.12. The number of aryl methyl sites for hydroxylation is 2. The second kappa shape index (κ2) is 10.8. The second-order valence-corrected chi connectivity index (χ2v) is 8.38. The van der Waals surface area contributed by atoms with Crippen LogP contribution < -0.4 is 14.8 Å². The normalized spacial score (nSPS) is 10.7. The molecular formula is C25H24N4O4S. The van der Waals surface area contributed by atoms with Gasteiger partial charge in [0.1, 0.15) is 17.4 Å². The van der Waals surface area contributed by atoms with Crippen molar-refractivity contribution < 1.29 is 18.8 Å². The minimum absolute atomic E-state index is 0.264. The Hall–Kier alpha value is -3.85. The Kier molecular flexibility index (Phi) is 7.44. The van der Waals surface area contributed by atoms with E-state index in [0.717, 1.165) is 22.6 Å². The zero-order valence-electron chi connectivity index (χ0n) is 19.1. The lowest BCUT2D eigenvalue weighted by molar-refractivity contribution is 0.102. The number of nitrogens with zero attached hydrogens (tertiary/aromatic N) is 3. The Labute approximate surface area is 201 Å². The zero-order chi connectivity index (χ0) is 23.9. The van der Waals surface area contributed by atoms with Gasteiger partial charge < -0.3 is 19.3 Å². The summed E-state index contributed by atoms with van der Waals surface area (Å²) in [5.74, 6) is 2.21. The first-order valence-corrected chi connectivity index (χ1v) is 11.5. The molecule has 1 N–H and O–H groups in total. The van der Waals surface area contributed by atoms with Crippen LogP contribution in [0.1, 0.15) is 32.9 Å². The molecular weight excluding hydrogens is 452 g/mol. The molecule has 0 aliphatic heterocycles. The number of nitrogens with one attached hydrogen (secondary N) is 1. The molecule has 34 heavy (non-hydrogen) atoms. The van der Waals surface area contributed by atoms with Gasteiger partial charge in [-0.15, -0.1) is 11.8 Å². The first-order chi connectivity index (χ1) is 16.5. The third kappa shape index (κ3) is 5.55. The van der Waals surface area contributed by atoms with Crippen LogP contribution in [0.3, 0.4) is 0 Å². The first kappa shape index (κ1) is 23.3. The molecule has 174 valence electrons. The topological polar surface area (TPSA) is 99.4 Å². The molecule has 0 unspecified atom stereocenters. The molecule has 8 nitrogen and oxygen atoms in total. The third-order valence-corrected chi connectivity index (χ3v) is 6.15. The van der Waals surface area contributed by atoms with Gasteiger partial charge in [0.15, 0.2) is 11.5 Å². The van der Waals surface area contributed by atoms with Gasteiger partial charge in [-0.2, -0.15) is 0 Å². The number of benzene rings is 1. The van der Waals surface area contributed by atoms with Crippen LogP contribution in [0.5, 0.6) is 11.5 Å². The summed E-state index contributed by atoms with van der Waals surface area (Å²) in [6, 6.07) is 12.5. The Bertz CT molecular complexity index is 1260. The SMILES string of the molecule is COc1ccc(NC(=O)c2cccnc2SCc2c(C)noc2C)cc1OCc1ccncc1. The number of pyridine rings is 2. The fraction of sp³-hybridized carbons (Fsp3) is 0.200. The van der Waals surface area contributed by atoms with E-state index in [2.05, 4.69) is 20.4 Å². The van der Waals surface area contributed by atoms with Crippen LogP contribution >= 0.6 is 11.8 Å². The fourth-order valence-corrected chi connectivity index (χ4v) is 4.38. The van der Waals surface area contributed by atoms with Gasteiger partial charge in [-0.3, -0.25) is 9.78 Å². The number of thioether (sulfide) groups is 1. The van der Waals surface area contributed by atoms with Gasteiger partial charge in [0.2, 0.25) is 0 Å². The lowest BCUT2D eigenvalue weighted by atomic mass is 10.2. The second-order valence-electron chi connectivity index (χ2n) is 7.41. The molecule has 0 spiro atoms. The van der Waals surface area contributed by atoms with Crippen LogP contribution in [-0.4, -0.2) is 28.1 Å². The summed E-state index contributed by atoms with van der Waals surface area (Å²) >= 11 is 1.47. The number of amides is 1. The van der Waals surface area contributed by atoms with Gasteiger partial charge in [-0.05, 0) is 55.8 Å². The van der Waals surface area contributed by atoms with Crippen LogP contribution in [0.25, 0.3) is 0 Å². The fourth-order valence-electron chi connectivity index (χ4n) is 3.23. The largest absolute Gasteiger partial charge is 0.493 e. The number of hydrogen-bond acceptors (Lipinski definition) is 8. The summed E-state index contributed by atoms with van der Waals surface area (Å²) in [6.45, 7) is 4.12. The van der Waals surface area contributed by atoms with Crippen molar-refractivity contribution in [3.05, 3.63) is 89.2 Å². The Morgan fingerprint density at radius 1 is 1.09 bits per heavy atom. The predicted molar refractivity (Wildman–Crippen MR) is 129 cm³/mol. The van der Waals surface area contributed by atoms with Crippen LogP contribution in [0.15, 0.2) is 70.6 Å². The van der Waals surface area contributed by atoms with Gasteiger partial charge in [-0.25, -0.2) is 4.98 Å². The number of hydrogen-bond donors (Lipinski definition) is 1. The highest BCUT2D eigenvalue weighted by Crippen LogP contribution is 2.32. The maximum absolute atomic E-state index is 13.1. The standard InChI is InChI=1S/C25H24N4O4S/c1-16-21(17(2)33-29-16)15-34-25-20(5-4-10-27-25)24(30)28-19-6-7-22(31-3)23(13-19)32-14-18-8-11-26-12-9-18/h4-13H,14-15H2,1-3H3,(H,28,30). The molecule has 0 saturated heterocycles. The number of anilines is 1. The number of carbonyl (C=O) groups is 1. The van der Waals surface area contributed by atoms with E-state index in [1.54, 1.807) is 56.0 Å². The van der Waals surface area contributed by atoms with Crippen molar-refractivity contribution in [3.8, 4) is 11.5 Å². The monoisotopic (exact) mass is 476 g/mol. The summed E-state index contributed by atoms with van der Waals surface area (Å²) in [5, 5.41) is 7.55. The molecule has 0 radical (unpaired) electrons. The molecule has 0 aliphatic carbocycles. The molecule has 1 aromatic carbocycles. The summed E-state index contributed by atoms with van der Waals surface area (Å²) in [5.41, 5.74) is 3.88. The molecule has 0 atom stereocenters. The average molecular weight is 477 g/mol. The quantitative estimate of drug-likeness (QED) is 0.329. The van der Waals surface area contributed by atoms with Crippen molar-refractivity contribution >= 4 is 23.4 Å². The highest BCUT2D eigenvalue weighted by atomic mass is 32.2. The van der Waals surface area contributed by atoms with Crippen LogP contribution in [-0.2, 0) is 12.4 Å². The maximum Gasteiger partial charge on any atom is 0.258 e. The zero-order valence-corrected chi connectivity index (χ0v) is 19.9. The van der Waals surface area contributed by atoms with Gasteiger partial charge in [0.05, 0.1) is 18.4 Å². The van der Waals surface area contributed by atoms with Crippen molar-refractivity contribution in [2.24, 2.45) is 0 Å². The Morgan fingerprint density at radius 2 is 1.91 bits per heavy atom. The molecule has 3 heterocycles. The van der Waals surface area contributed by atoms with Crippen LogP contribution in [0.4, 0.5) is 5.69 Å². The number of methoxy groups -OCH3 is 1. The number of aromatic nitrogens is 3. The van der Waals surface area contributed by atoms with Crippen molar-refractivity contribution in [2.45, 2.75) is 31.2 Å². The minimum atomic E-state index is -0.264. The first-order valence-electron chi connectivity index (χ1n) is 10.6. The predicted octanol–water partition coefficient (Wildman–Crippen LogP) is 5.21. The molecule has 4 rings (SSSR count). The molecule has 4 aromatic rings. The van der Waals surface area contributed by atoms with Crippen LogP contribution in [0.2, 0.25) is 0 Å². The maximum atomic E-state index is 13.1. The molecule has 0 fully saturated rings. The summed E-state index contributed by atoms with van der Waals surface area (Å²) in [4.78, 5) is 21.5. The van der Waals surface area contributed by atoms with E-state index in [4.69, 9.17) is 14.0 Å². The summed E-state index contributed by atoms with van der Waals surface area (Å²) < 4.78 is 16.6. The van der Waals surface area contributed by atoms with Gasteiger partial charge >= 0.3 is 0 Å². The summed E-state index contributed by atoms with van der Waals surface area (Å²) in [6.07, 6.45) is 5.09. The lowest BCUT2D eigenvalue weighted by Gasteiger charge is -2.14. The van der Waals surface area contributed by atoms with E-state index in [-0.39, 0.29) is 5.91 Å². The van der Waals surface area contributed by atoms with E-state index in [0.29, 0.717) is 40.1 Å². The molecule has 0 saturated carbocycles. The van der Waals surface area contributed by atoms with E-state index in [1.165, 1.54) is 11.8 Å². The highest BCUT2D eigenvalue weighted by Gasteiger charge is 2.17. The highest BCUT2D eigenvalue weighted by molar-refractivity contribution is 7.98. The van der Waals surface area contributed by atoms with Gasteiger partial charge in [0.25, 0.3) is 5.91 Å². The number of carbonyl (C=O) groups excluding carboxylic acids is 1. The van der Waals surface area contributed by atoms with Gasteiger partial charge in [-0.1, -0.05) is 5.16 Å². The van der Waals surface area contributed by atoms with E-state index >= 15 is 0 Å². The average Bonchev–Trinajstić information content (AvgIpc) is 3.19. The minimum Gasteiger partial charge on any atom is -0.493 e. The van der Waals surface area contributed by atoms with Crippen LogP contribution in [0, 0.1) is 13.8 Å². The molecule has 0 bridgehead atoms. The Balaban J connectivity index is 1.48. The van der Waals surface area contributed by atoms with E-state index < -0.39 is 0 Å². The van der Waals surface area contributed by atoms with Crippen molar-refractivity contribution in [2.75, 3.05) is 12.4 Å². The van der Waals surface area contributed by atoms with Crippen molar-refractivity contribution in [1.82, 2.24) is 15.1 Å². The van der Waals surface area contributed by atoms with Gasteiger partial charge in [0, 0.05) is 41.7 Å². The smallest absolute Gasteiger partial charge is 0.258 e. The summed E-state index contributed by atoms with van der Waals surface area (Å²) in [7, 11) is 1.57. The molecule has 1 amide bonds. The number of rotatable bonds is 9. The molecule has 0 aliphatic rings. The van der Waals surface area contributed by atoms with E-state index in [9.17, 15) is 4.79 Å². The van der Waals surface area contributed by atoms with Crippen molar-refractivity contribution in [3.63, 3.8) is 0 Å². The molecule has 9 heteroatoms. The molecule has 3 aromatic heterocycles. The van der Waals surface area contributed by atoms with Crippen molar-refractivity contribution in [1.29, 1.82) is 0 Å². The number of ether oxygens (including phenoxy) is 2. The lowest BCUT2D eigenvalue weighted by Crippen LogP contribution is -2.14.